The van der Waals surface area contributed by atoms with Crippen LogP contribution in [0.4, 0.5) is 10.1 Å². The van der Waals surface area contributed by atoms with Crippen molar-refractivity contribution in [1.29, 1.82) is 5.26 Å². The number of nitrogens with zero attached hydrogens (tertiary/aromatic N) is 2. The molecule has 1 heterocycles. The first-order valence-corrected chi connectivity index (χ1v) is 5.75. The van der Waals surface area contributed by atoms with E-state index in [9.17, 15) is 4.39 Å². The van der Waals surface area contributed by atoms with Crippen LogP contribution in [0.5, 0.6) is 0 Å². The van der Waals surface area contributed by atoms with E-state index in [1.807, 2.05) is 6.07 Å². The minimum absolute atomic E-state index is 0.216. The fourth-order valence-electron chi connectivity index (χ4n) is 2.07. The van der Waals surface area contributed by atoms with Crippen LogP contribution in [0.3, 0.4) is 0 Å². The van der Waals surface area contributed by atoms with Crippen molar-refractivity contribution in [2.45, 2.75) is 25.3 Å². The summed E-state index contributed by atoms with van der Waals surface area (Å²) in [6.07, 6.45) is 1.52. The Labute approximate surface area is 101 Å². The fraction of sp³-hybridized carbons (Fsp3) is 0.462. The van der Waals surface area contributed by atoms with E-state index in [1.54, 1.807) is 13.0 Å². The highest BCUT2D eigenvalue weighted by molar-refractivity contribution is 5.58. The molecule has 0 amide bonds. The van der Waals surface area contributed by atoms with E-state index in [-0.39, 0.29) is 5.82 Å². The zero-order chi connectivity index (χ0) is 12.5. The van der Waals surface area contributed by atoms with Gasteiger partial charge in [0.05, 0.1) is 6.07 Å². The predicted molar refractivity (Wildman–Crippen MR) is 65.1 cm³/mol. The monoisotopic (exact) mass is 233 g/mol. The number of hydrogen-bond acceptors (Lipinski definition) is 3. The highest BCUT2D eigenvalue weighted by Gasteiger charge is 2.23. The van der Waals surface area contributed by atoms with Crippen LogP contribution in [0, 0.1) is 17.1 Å². The van der Waals surface area contributed by atoms with E-state index in [0.717, 1.165) is 18.7 Å². The summed E-state index contributed by atoms with van der Waals surface area (Å²) in [6.45, 7) is 3.28. The van der Waals surface area contributed by atoms with Crippen molar-refractivity contribution < 1.29 is 4.39 Å². The van der Waals surface area contributed by atoms with E-state index < -0.39 is 5.54 Å². The quantitative estimate of drug-likeness (QED) is 0.866. The Bertz CT molecular complexity index is 462. The molecule has 2 rings (SSSR count). The third-order valence-corrected chi connectivity index (χ3v) is 3.20. The average Bonchev–Trinajstić information content (AvgIpc) is 2.69. The number of hydrogen-bond donors (Lipinski definition) is 1. The zero-order valence-electron chi connectivity index (χ0n) is 9.91. The SMILES string of the molecule is CC(N)(C#N)CCN1CCc2ccc(F)cc21. The molecular weight excluding hydrogens is 217 g/mol. The Balaban J connectivity index is 2.08. The van der Waals surface area contributed by atoms with Crippen LogP contribution in [0.2, 0.25) is 0 Å². The second-order valence-electron chi connectivity index (χ2n) is 4.79. The lowest BCUT2D eigenvalue weighted by Crippen LogP contribution is -2.38. The molecule has 1 aliphatic rings. The number of anilines is 1. The van der Waals surface area contributed by atoms with E-state index in [4.69, 9.17) is 11.0 Å². The van der Waals surface area contributed by atoms with Gasteiger partial charge in [0.2, 0.25) is 0 Å². The first-order valence-electron chi connectivity index (χ1n) is 5.75. The minimum Gasteiger partial charge on any atom is -0.371 e. The number of fused-ring (bicyclic) bond motifs is 1. The summed E-state index contributed by atoms with van der Waals surface area (Å²) in [5.74, 6) is -0.216. The molecular formula is C13H16FN3. The van der Waals surface area contributed by atoms with Crippen molar-refractivity contribution in [2.75, 3.05) is 18.0 Å². The molecule has 0 radical (unpaired) electrons. The molecule has 0 saturated carbocycles. The maximum absolute atomic E-state index is 13.2. The molecule has 0 saturated heterocycles. The second-order valence-corrected chi connectivity index (χ2v) is 4.79. The lowest BCUT2D eigenvalue weighted by atomic mass is 10.0. The first kappa shape index (κ1) is 11.9. The molecule has 0 bridgehead atoms. The van der Waals surface area contributed by atoms with Gasteiger partial charge in [-0.25, -0.2) is 4.39 Å². The highest BCUT2D eigenvalue weighted by atomic mass is 19.1. The summed E-state index contributed by atoms with van der Waals surface area (Å²) >= 11 is 0. The van der Waals surface area contributed by atoms with Gasteiger partial charge >= 0.3 is 0 Å². The van der Waals surface area contributed by atoms with E-state index in [1.165, 1.54) is 11.6 Å². The van der Waals surface area contributed by atoms with Gasteiger partial charge in [0.1, 0.15) is 11.4 Å². The molecule has 0 spiro atoms. The van der Waals surface area contributed by atoms with E-state index in [0.29, 0.717) is 13.0 Å². The molecule has 0 aliphatic carbocycles. The van der Waals surface area contributed by atoms with Gasteiger partial charge in [0.15, 0.2) is 0 Å². The molecule has 1 atom stereocenters. The van der Waals surface area contributed by atoms with Crippen LogP contribution in [0.15, 0.2) is 18.2 Å². The Hall–Kier alpha value is -1.60. The molecule has 1 unspecified atom stereocenters. The molecule has 3 nitrogen and oxygen atoms in total. The topological polar surface area (TPSA) is 53.1 Å². The van der Waals surface area contributed by atoms with Crippen molar-refractivity contribution in [1.82, 2.24) is 0 Å². The molecule has 0 fully saturated rings. The predicted octanol–water partition coefficient (Wildman–Crippen LogP) is 1.82. The van der Waals surface area contributed by atoms with Crippen molar-refractivity contribution in [2.24, 2.45) is 5.73 Å². The largest absolute Gasteiger partial charge is 0.371 e. The molecule has 2 N–H and O–H groups in total. The van der Waals surface area contributed by atoms with E-state index in [2.05, 4.69) is 11.0 Å². The standard InChI is InChI=1S/C13H16FN3/c1-13(16,9-15)5-7-17-6-4-10-2-3-11(14)8-12(10)17/h2-3,8H,4-7,16H2,1H3. The van der Waals surface area contributed by atoms with Gasteiger partial charge in [0, 0.05) is 18.8 Å². The van der Waals surface area contributed by atoms with Crippen molar-refractivity contribution in [3.63, 3.8) is 0 Å². The van der Waals surface area contributed by atoms with Gasteiger partial charge in [0.25, 0.3) is 0 Å². The number of benzene rings is 1. The molecule has 4 heteroatoms. The summed E-state index contributed by atoms with van der Waals surface area (Å²) in [4.78, 5) is 2.10. The lowest BCUT2D eigenvalue weighted by Gasteiger charge is -2.23. The normalized spacial score (nSPS) is 17.4. The smallest absolute Gasteiger partial charge is 0.125 e. The molecule has 17 heavy (non-hydrogen) atoms. The minimum atomic E-state index is -0.809. The summed E-state index contributed by atoms with van der Waals surface area (Å²) in [7, 11) is 0. The van der Waals surface area contributed by atoms with Crippen LogP contribution < -0.4 is 10.6 Å². The average molecular weight is 233 g/mol. The van der Waals surface area contributed by atoms with Crippen LogP contribution in [-0.4, -0.2) is 18.6 Å². The number of halogens is 1. The number of rotatable bonds is 3. The van der Waals surface area contributed by atoms with Gasteiger partial charge in [-0.1, -0.05) is 6.07 Å². The fourth-order valence-corrected chi connectivity index (χ4v) is 2.07. The van der Waals surface area contributed by atoms with Gasteiger partial charge in [-0.15, -0.1) is 0 Å². The number of nitrogens with two attached hydrogens (primary N) is 1. The zero-order valence-corrected chi connectivity index (χ0v) is 9.91. The summed E-state index contributed by atoms with van der Waals surface area (Å²) in [6, 6.07) is 6.96. The van der Waals surface area contributed by atoms with Gasteiger partial charge < -0.3 is 10.6 Å². The van der Waals surface area contributed by atoms with Crippen molar-refractivity contribution >= 4 is 5.69 Å². The van der Waals surface area contributed by atoms with E-state index >= 15 is 0 Å². The van der Waals surface area contributed by atoms with Crippen LogP contribution in [0.1, 0.15) is 18.9 Å². The second kappa shape index (κ2) is 4.34. The maximum Gasteiger partial charge on any atom is 0.125 e. The van der Waals surface area contributed by atoms with Gasteiger partial charge in [-0.2, -0.15) is 5.26 Å². The van der Waals surface area contributed by atoms with Crippen LogP contribution in [-0.2, 0) is 6.42 Å². The molecule has 1 aliphatic heterocycles. The Morgan fingerprint density at radius 1 is 1.59 bits per heavy atom. The molecule has 1 aromatic carbocycles. The Morgan fingerprint density at radius 3 is 3.06 bits per heavy atom. The van der Waals surface area contributed by atoms with Gasteiger partial charge in [-0.3, -0.25) is 0 Å². The van der Waals surface area contributed by atoms with Crippen molar-refractivity contribution in [3.05, 3.63) is 29.6 Å². The Kier molecular flexibility index (Phi) is 3.03. The third-order valence-electron chi connectivity index (χ3n) is 3.20. The molecule has 1 aromatic rings. The first-order chi connectivity index (χ1) is 8.02. The van der Waals surface area contributed by atoms with Crippen LogP contribution in [0.25, 0.3) is 0 Å². The maximum atomic E-state index is 13.2. The summed E-state index contributed by atoms with van der Waals surface area (Å²) in [5, 5.41) is 8.85. The summed E-state index contributed by atoms with van der Waals surface area (Å²) < 4.78 is 13.2. The molecule has 0 aromatic heterocycles. The van der Waals surface area contributed by atoms with Crippen molar-refractivity contribution in [3.8, 4) is 6.07 Å². The summed E-state index contributed by atoms with van der Waals surface area (Å²) in [5.41, 5.74) is 7.08. The highest BCUT2D eigenvalue weighted by Crippen LogP contribution is 2.29. The molecule has 90 valence electrons. The third kappa shape index (κ3) is 2.56. The Morgan fingerprint density at radius 2 is 2.35 bits per heavy atom. The lowest BCUT2D eigenvalue weighted by molar-refractivity contribution is 0.541. The number of nitriles is 1. The van der Waals surface area contributed by atoms with Gasteiger partial charge in [-0.05, 0) is 37.5 Å². The van der Waals surface area contributed by atoms with Crippen LogP contribution >= 0.6 is 0 Å².